The Morgan fingerprint density at radius 3 is 2.65 bits per heavy atom. The van der Waals surface area contributed by atoms with E-state index in [2.05, 4.69) is 56.1 Å². The fourth-order valence-electron chi connectivity index (χ4n) is 2.60. The van der Waals surface area contributed by atoms with Crippen molar-refractivity contribution < 1.29 is 4.74 Å². The molecule has 1 fully saturated rings. The Morgan fingerprint density at radius 1 is 1.30 bits per heavy atom. The van der Waals surface area contributed by atoms with E-state index in [1.807, 2.05) is 0 Å². The van der Waals surface area contributed by atoms with Crippen LogP contribution in [0.4, 0.5) is 5.82 Å². The highest BCUT2D eigenvalue weighted by Crippen LogP contribution is 2.18. The molecular weight excluding hydrogens is 250 g/mol. The molecule has 1 aliphatic heterocycles. The Labute approximate surface area is 122 Å². The third kappa shape index (κ3) is 4.46. The normalized spacial score (nSPS) is 23.4. The molecule has 4 nitrogen and oxygen atoms in total. The molecule has 2 rings (SSSR count). The maximum Gasteiger partial charge on any atom is 0.129 e. The van der Waals surface area contributed by atoms with Gasteiger partial charge in [-0.05, 0) is 38.4 Å². The van der Waals surface area contributed by atoms with E-state index in [1.54, 1.807) is 0 Å². The van der Waals surface area contributed by atoms with Crippen LogP contribution in [-0.2, 0) is 11.3 Å². The predicted octanol–water partition coefficient (Wildman–Crippen LogP) is 2.44. The molecule has 0 saturated carbocycles. The molecule has 0 bridgehead atoms. The lowest BCUT2D eigenvalue weighted by Crippen LogP contribution is -2.45. The topological polar surface area (TPSA) is 37.4 Å². The van der Waals surface area contributed by atoms with Crippen LogP contribution in [0, 0.1) is 5.92 Å². The van der Waals surface area contributed by atoms with Crippen LogP contribution >= 0.6 is 0 Å². The second-order valence-electron chi connectivity index (χ2n) is 6.17. The zero-order valence-corrected chi connectivity index (χ0v) is 13.1. The largest absolute Gasteiger partial charge is 0.372 e. The molecule has 0 radical (unpaired) electrons. The molecule has 20 heavy (non-hydrogen) atoms. The van der Waals surface area contributed by atoms with Crippen LogP contribution < -0.4 is 10.2 Å². The van der Waals surface area contributed by atoms with E-state index in [0.717, 1.165) is 37.7 Å². The number of hydrogen-bond acceptors (Lipinski definition) is 4. The first-order valence-electron chi connectivity index (χ1n) is 7.61. The van der Waals surface area contributed by atoms with Crippen molar-refractivity contribution in [2.24, 2.45) is 5.92 Å². The summed E-state index contributed by atoms with van der Waals surface area (Å²) in [5, 5.41) is 3.44. The molecule has 1 saturated heterocycles. The van der Waals surface area contributed by atoms with Gasteiger partial charge in [0.15, 0.2) is 0 Å². The van der Waals surface area contributed by atoms with Gasteiger partial charge in [0, 0.05) is 19.6 Å². The summed E-state index contributed by atoms with van der Waals surface area (Å²) in [7, 11) is 0. The lowest BCUT2D eigenvalue weighted by atomic mass is 10.2. The summed E-state index contributed by atoms with van der Waals surface area (Å²) in [6.07, 6.45) is 0.534. The Bertz CT molecular complexity index is 412. The number of ether oxygens (including phenoxy) is 1. The molecule has 0 spiro atoms. The molecule has 112 valence electrons. The van der Waals surface area contributed by atoms with Gasteiger partial charge in [0.25, 0.3) is 0 Å². The molecule has 0 aromatic carbocycles. The van der Waals surface area contributed by atoms with Crippen LogP contribution in [-0.4, -0.2) is 36.8 Å². The van der Waals surface area contributed by atoms with E-state index in [0.29, 0.717) is 5.92 Å². The van der Waals surface area contributed by atoms with Gasteiger partial charge in [-0.3, -0.25) is 0 Å². The molecule has 0 aliphatic carbocycles. The summed E-state index contributed by atoms with van der Waals surface area (Å²) in [4.78, 5) is 7.09. The number of aromatic nitrogens is 1. The van der Waals surface area contributed by atoms with Crippen molar-refractivity contribution in [3.05, 3.63) is 23.9 Å². The Hall–Kier alpha value is -1.13. The number of anilines is 1. The fraction of sp³-hybridized carbons (Fsp3) is 0.688. The molecule has 1 aromatic heterocycles. The Kier molecular flexibility index (Phi) is 5.38. The van der Waals surface area contributed by atoms with Crippen LogP contribution in [0.3, 0.4) is 0 Å². The highest BCUT2D eigenvalue weighted by Gasteiger charge is 2.23. The van der Waals surface area contributed by atoms with Gasteiger partial charge < -0.3 is 15.0 Å². The number of nitrogens with zero attached hydrogens (tertiary/aromatic N) is 2. The summed E-state index contributed by atoms with van der Waals surface area (Å²) < 4.78 is 5.78. The SMILES string of the molecule is CC(C)CNCc1cccc(N2C[C@@H](C)O[C@@H](C)C2)n1. The molecule has 1 aromatic rings. The third-order valence-electron chi connectivity index (χ3n) is 3.39. The van der Waals surface area contributed by atoms with Crippen LogP contribution in [0.25, 0.3) is 0 Å². The Balaban J connectivity index is 1.98. The summed E-state index contributed by atoms with van der Waals surface area (Å²) in [6, 6.07) is 6.28. The third-order valence-corrected chi connectivity index (χ3v) is 3.39. The zero-order valence-electron chi connectivity index (χ0n) is 13.1. The lowest BCUT2D eigenvalue weighted by molar-refractivity contribution is -0.00546. The highest BCUT2D eigenvalue weighted by atomic mass is 16.5. The highest BCUT2D eigenvalue weighted by molar-refractivity contribution is 5.40. The van der Waals surface area contributed by atoms with Crippen molar-refractivity contribution >= 4 is 5.82 Å². The van der Waals surface area contributed by atoms with Crippen LogP contribution in [0.1, 0.15) is 33.4 Å². The maximum absolute atomic E-state index is 5.78. The number of pyridine rings is 1. The molecule has 4 heteroatoms. The number of nitrogens with one attached hydrogen (secondary N) is 1. The molecule has 2 atom stereocenters. The summed E-state index contributed by atoms with van der Waals surface area (Å²) in [6.45, 7) is 12.4. The number of rotatable bonds is 5. The maximum atomic E-state index is 5.78. The summed E-state index contributed by atoms with van der Waals surface area (Å²) in [5.74, 6) is 1.73. The van der Waals surface area contributed by atoms with Crippen molar-refractivity contribution in [1.29, 1.82) is 0 Å². The first-order valence-corrected chi connectivity index (χ1v) is 7.61. The van der Waals surface area contributed by atoms with Gasteiger partial charge in [0.1, 0.15) is 5.82 Å². The van der Waals surface area contributed by atoms with Crippen LogP contribution in [0.5, 0.6) is 0 Å². The van der Waals surface area contributed by atoms with Gasteiger partial charge in [-0.25, -0.2) is 4.98 Å². The van der Waals surface area contributed by atoms with Crippen molar-refractivity contribution in [1.82, 2.24) is 10.3 Å². The predicted molar refractivity (Wildman–Crippen MR) is 83.0 cm³/mol. The second kappa shape index (κ2) is 7.04. The average Bonchev–Trinajstić information content (AvgIpc) is 2.37. The molecule has 0 unspecified atom stereocenters. The fourth-order valence-corrected chi connectivity index (χ4v) is 2.60. The second-order valence-corrected chi connectivity index (χ2v) is 6.17. The quantitative estimate of drug-likeness (QED) is 0.897. The van der Waals surface area contributed by atoms with E-state index in [-0.39, 0.29) is 12.2 Å². The van der Waals surface area contributed by atoms with E-state index >= 15 is 0 Å². The standard InChI is InChI=1S/C16H27N3O/c1-12(2)8-17-9-15-6-5-7-16(18-15)19-10-13(3)20-14(4)11-19/h5-7,12-14,17H,8-11H2,1-4H3/t13-,14+. The molecule has 1 N–H and O–H groups in total. The van der Waals surface area contributed by atoms with Crippen molar-refractivity contribution in [3.8, 4) is 0 Å². The number of morpholine rings is 1. The first kappa shape index (κ1) is 15.3. The molecule has 1 aliphatic rings. The minimum atomic E-state index is 0.267. The smallest absolute Gasteiger partial charge is 0.129 e. The van der Waals surface area contributed by atoms with E-state index in [9.17, 15) is 0 Å². The minimum absolute atomic E-state index is 0.267. The van der Waals surface area contributed by atoms with Gasteiger partial charge in [-0.1, -0.05) is 19.9 Å². The van der Waals surface area contributed by atoms with E-state index < -0.39 is 0 Å². The molecular formula is C16H27N3O. The van der Waals surface area contributed by atoms with Crippen LogP contribution in [0.2, 0.25) is 0 Å². The van der Waals surface area contributed by atoms with Crippen molar-refractivity contribution in [3.63, 3.8) is 0 Å². The minimum Gasteiger partial charge on any atom is -0.372 e. The van der Waals surface area contributed by atoms with E-state index in [4.69, 9.17) is 9.72 Å². The van der Waals surface area contributed by atoms with Crippen molar-refractivity contribution in [2.75, 3.05) is 24.5 Å². The lowest BCUT2D eigenvalue weighted by Gasteiger charge is -2.36. The summed E-state index contributed by atoms with van der Waals surface area (Å²) >= 11 is 0. The van der Waals surface area contributed by atoms with Crippen LogP contribution in [0.15, 0.2) is 18.2 Å². The van der Waals surface area contributed by atoms with E-state index in [1.165, 1.54) is 0 Å². The first-order chi connectivity index (χ1) is 9.54. The molecule has 2 heterocycles. The average molecular weight is 277 g/mol. The molecule has 0 amide bonds. The monoisotopic (exact) mass is 277 g/mol. The Morgan fingerprint density at radius 2 is 2.00 bits per heavy atom. The number of hydrogen-bond donors (Lipinski definition) is 1. The van der Waals surface area contributed by atoms with Gasteiger partial charge in [-0.2, -0.15) is 0 Å². The summed E-state index contributed by atoms with van der Waals surface area (Å²) in [5.41, 5.74) is 1.11. The van der Waals surface area contributed by atoms with Gasteiger partial charge in [-0.15, -0.1) is 0 Å². The zero-order chi connectivity index (χ0) is 14.5. The van der Waals surface area contributed by atoms with Gasteiger partial charge >= 0.3 is 0 Å². The van der Waals surface area contributed by atoms with Gasteiger partial charge in [0.2, 0.25) is 0 Å². The van der Waals surface area contributed by atoms with Crippen molar-refractivity contribution in [2.45, 2.75) is 46.4 Å². The van der Waals surface area contributed by atoms with Gasteiger partial charge in [0.05, 0.1) is 17.9 Å².